The molecule has 6 nitrogen and oxygen atoms in total. The fraction of sp³-hybridized carbons (Fsp3) is 0.231. The summed E-state index contributed by atoms with van der Waals surface area (Å²) >= 11 is 0. The smallest absolute Gasteiger partial charge is 0.288 e. The molecule has 0 saturated carbocycles. The predicted molar refractivity (Wildman–Crippen MR) is 74.7 cm³/mol. The number of anilines is 1. The van der Waals surface area contributed by atoms with Crippen molar-refractivity contribution in [2.24, 2.45) is 5.10 Å². The molecule has 0 fully saturated rings. The number of hydrazone groups is 1. The van der Waals surface area contributed by atoms with Crippen molar-refractivity contribution in [3.8, 4) is 0 Å². The van der Waals surface area contributed by atoms with Crippen LogP contribution in [0.25, 0.3) is 0 Å². The van der Waals surface area contributed by atoms with E-state index < -0.39 is 17.3 Å². The molecule has 0 unspecified atom stereocenters. The monoisotopic (exact) mass is 311 g/mol. The van der Waals surface area contributed by atoms with Crippen LogP contribution in [0.15, 0.2) is 34.2 Å². The molecule has 0 spiro atoms. The Morgan fingerprint density at radius 1 is 1.32 bits per heavy atom. The minimum absolute atomic E-state index is 0.00178. The van der Waals surface area contributed by atoms with Crippen molar-refractivity contribution in [2.45, 2.75) is 20.0 Å². The molecule has 9 heteroatoms. The van der Waals surface area contributed by atoms with Crippen molar-refractivity contribution < 1.29 is 13.2 Å². The topological polar surface area (TPSA) is 83.0 Å². The molecule has 0 aliphatic heterocycles. The summed E-state index contributed by atoms with van der Waals surface area (Å²) in [5, 5.41) is 11.1. The van der Waals surface area contributed by atoms with Crippen LogP contribution in [0, 0.1) is 6.92 Å². The maximum Gasteiger partial charge on any atom is 0.416 e. The number of hydrogen-bond donors (Lipinski definition) is 2. The minimum Gasteiger partial charge on any atom is -0.288 e. The van der Waals surface area contributed by atoms with Gasteiger partial charge in [-0.3, -0.25) is 9.78 Å². The third kappa shape index (κ3) is 3.68. The number of halogens is 3. The fourth-order valence-corrected chi connectivity index (χ4v) is 1.57. The van der Waals surface area contributed by atoms with Gasteiger partial charge < -0.3 is 0 Å². The average molecular weight is 311 g/mol. The van der Waals surface area contributed by atoms with Gasteiger partial charge in [0.1, 0.15) is 5.69 Å². The second-order valence-corrected chi connectivity index (χ2v) is 4.48. The van der Waals surface area contributed by atoms with Crippen molar-refractivity contribution in [2.75, 3.05) is 5.43 Å². The zero-order valence-corrected chi connectivity index (χ0v) is 11.7. The lowest BCUT2D eigenvalue weighted by atomic mass is 10.1. The van der Waals surface area contributed by atoms with Crippen molar-refractivity contribution in [3.63, 3.8) is 0 Å². The van der Waals surface area contributed by atoms with Crippen LogP contribution in [0.2, 0.25) is 0 Å². The summed E-state index contributed by atoms with van der Waals surface area (Å²) in [5.41, 5.74) is 2.05. The molecule has 0 radical (unpaired) electrons. The fourth-order valence-electron chi connectivity index (χ4n) is 1.57. The van der Waals surface area contributed by atoms with Crippen LogP contribution in [0.4, 0.5) is 19.1 Å². The molecule has 0 saturated heterocycles. The third-order valence-electron chi connectivity index (χ3n) is 2.80. The number of benzene rings is 1. The number of nitrogens with zero attached hydrogens (tertiary/aromatic N) is 3. The Bertz CT molecular complexity index is 767. The number of alkyl halides is 3. The quantitative estimate of drug-likeness (QED) is 0.673. The molecule has 0 amide bonds. The molecular weight excluding hydrogens is 299 g/mol. The van der Waals surface area contributed by atoms with Crippen LogP contribution in [-0.2, 0) is 6.18 Å². The predicted octanol–water partition coefficient (Wildman–Crippen LogP) is 2.33. The number of aromatic amines is 1. The van der Waals surface area contributed by atoms with E-state index in [1.54, 1.807) is 0 Å². The van der Waals surface area contributed by atoms with E-state index in [1.165, 1.54) is 26.0 Å². The van der Waals surface area contributed by atoms with Gasteiger partial charge in [-0.2, -0.15) is 18.3 Å². The van der Waals surface area contributed by atoms with Crippen molar-refractivity contribution in [3.05, 3.63) is 51.4 Å². The normalized spacial score (nSPS) is 12.3. The van der Waals surface area contributed by atoms with Gasteiger partial charge in [0, 0.05) is 0 Å². The van der Waals surface area contributed by atoms with E-state index in [0.29, 0.717) is 11.3 Å². The highest BCUT2D eigenvalue weighted by atomic mass is 19.4. The highest BCUT2D eigenvalue weighted by Gasteiger charge is 2.30. The summed E-state index contributed by atoms with van der Waals surface area (Å²) in [5.74, 6) is 0.00178. The van der Waals surface area contributed by atoms with Crippen molar-refractivity contribution in [1.29, 1.82) is 0 Å². The van der Waals surface area contributed by atoms with E-state index in [2.05, 4.69) is 25.7 Å². The first-order valence-electron chi connectivity index (χ1n) is 6.19. The van der Waals surface area contributed by atoms with Gasteiger partial charge in [0.15, 0.2) is 0 Å². The Morgan fingerprint density at radius 2 is 2.05 bits per heavy atom. The van der Waals surface area contributed by atoms with E-state index in [1.807, 2.05) is 0 Å². The summed E-state index contributed by atoms with van der Waals surface area (Å²) in [6.07, 6.45) is -4.42. The number of aryl methyl sites for hydroxylation is 1. The number of nitrogens with one attached hydrogen (secondary N) is 2. The van der Waals surface area contributed by atoms with Gasteiger partial charge in [0.2, 0.25) is 5.95 Å². The second-order valence-electron chi connectivity index (χ2n) is 4.48. The van der Waals surface area contributed by atoms with Crippen LogP contribution in [0.3, 0.4) is 0 Å². The standard InChI is InChI=1S/C13H12F3N5O/c1-7(9-4-3-5-10(6-9)13(14,15)16)18-20-12-17-11(22)8(2)19-21-12/h3-6H,1-2H3,(H2,17,20,21,22)/b18-7+. The Hall–Kier alpha value is -2.71. The van der Waals surface area contributed by atoms with E-state index in [4.69, 9.17) is 0 Å². The van der Waals surface area contributed by atoms with Crippen LogP contribution in [0.1, 0.15) is 23.7 Å². The van der Waals surface area contributed by atoms with Crippen LogP contribution in [0.5, 0.6) is 0 Å². The molecule has 2 aromatic rings. The first kappa shape index (κ1) is 15.7. The summed E-state index contributed by atoms with van der Waals surface area (Å²) in [6, 6.07) is 4.77. The molecule has 0 atom stereocenters. The van der Waals surface area contributed by atoms with E-state index in [-0.39, 0.29) is 11.6 Å². The molecule has 0 aliphatic rings. The van der Waals surface area contributed by atoms with E-state index in [9.17, 15) is 18.0 Å². The number of aromatic nitrogens is 3. The summed E-state index contributed by atoms with van der Waals surface area (Å²) in [4.78, 5) is 13.7. The maximum atomic E-state index is 12.7. The lowest BCUT2D eigenvalue weighted by Crippen LogP contribution is -2.16. The molecule has 22 heavy (non-hydrogen) atoms. The zero-order chi connectivity index (χ0) is 16.3. The third-order valence-corrected chi connectivity index (χ3v) is 2.80. The van der Waals surface area contributed by atoms with Crippen LogP contribution >= 0.6 is 0 Å². The average Bonchev–Trinajstić information content (AvgIpc) is 2.47. The Kier molecular flexibility index (Phi) is 4.25. The first-order valence-corrected chi connectivity index (χ1v) is 6.19. The van der Waals surface area contributed by atoms with Crippen LogP contribution in [-0.4, -0.2) is 20.9 Å². The molecule has 2 rings (SSSR count). The zero-order valence-electron chi connectivity index (χ0n) is 11.7. The van der Waals surface area contributed by atoms with Gasteiger partial charge in [-0.15, -0.1) is 10.2 Å². The Morgan fingerprint density at radius 3 is 2.68 bits per heavy atom. The maximum absolute atomic E-state index is 12.7. The molecule has 1 aromatic heterocycles. The lowest BCUT2D eigenvalue weighted by Gasteiger charge is -2.08. The molecule has 2 N–H and O–H groups in total. The summed E-state index contributed by atoms with van der Waals surface area (Å²) in [6.45, 7) is 3.02. The molecule has 116 valence electrons. The van der Waals surface area contributed by atoms with Gasteiger partial charge in [0.05, 0.1) is 11.3 Å². The number of hydrogen-bond acceptors (Lipinski definition) is 5. The molecule has 1 heterocycles. The van der Waals surface area contributed by atoms with Gasteiger partial charge in [-0.25, -0.2) is 5.43 Å². The van der Waals surface area contributed by atoms with E-state index in [0.717, 1.165) is 12.1 Å². The summed E-state index contributed by atoms with van der Waals surface area (Å²) in [7, 11) is 0. The first-order chi connectivity index (χ1) is 10.3. The highest BCUT2D eigenvalue weighted by Crippen LogP contribution is 2.29. The SMILES string of the molecule is C/C(=N\Nc1nnc(C)c(=O)[nH]1)c1cccc(C(F)(F)F)c1. The molecule has 0 aliphatic carbocycles. The van der Waals surface area contributed by atoms with Gasteiger partial charge in [-0.05, 0) is 31.5 Å². The van der Waals surface area contributed by atoms with Gasteiger partial charge >= 0.3 is 6.18 Å². The highest BCUT2D eigenvalue weighted by molar-refractivity contribution is 5.99. The molecular formula is C13H12F3N5O. The lowest BCUT2D eigenvalue weighted by molar-refractivity contribution is -0.137. The van der Waals surface area contributed by atoms with Crippen molar-refractivity contribution >= 4 is 11.7 Å². The Labute approximate surface area is 123 Å². The van der Waals surface area contributed by atoms with Crippen LogP contribution < -0.4 is 11.0 Å². The van der Waals surface area contributed by atoms with Crippen molar-refractivity contribution in [1.82, 2.24) is 15.2 Å². The summed E-state index contributed by atoms with van der Waals surface area (Å²) < 4.78 is 38.0. The van der Waals surface area contributed by atoms with E-state index >= 15 is 0 Å². The second kappa shape index (κ2) is 5.96. The Balaban J connectivity index is 2.22. The minimum atomic E-state index is -4.42. The number of H-pyrrole nitrogens is 1. The van der Waals surface area contributed by atoms with Gasteiger partial charge in [0.25, 0.3) is 5.56 Å². The molecule has 1 aromatic carbocycles. The number of rotatable bonds is 3. The van der Waals surface area contributed by atoms with Gasteiger partial charge in [-0.1, -0.05) is 12.1 Å². The largest absolute Gasteiger partial charge is 0.416 e. The molecule has 0 bridgehead atoms.